The zero-order chi connectivity index (χ0) is 14.1. The minimum absolute atomic E-state index is 0.118. The van der Waals surface area contributed by atoms with Crippen LogP contribution < -0.4 is 5.73 Å². The van der Waals surface area contributed by atoms with E-state index in [4.69, 9.17) is 10.5 Å². The molecule has 0 spiro atoms. The maximum absolute atomic E-state index is 6.09. The molecule has 1 aliphatic heterocycles. The van der Waals surface area contributed by atoms with Crippen LogP contribution in [-0.4, -0.2) is 34.2 Å². The van der Waals surface area contributed by atoms with E-state index < -0.39 is 0 Å². The van der Waals surface area contributed by atoms with Gasteiger partial charge in [0.25, 0.3) is 0 Å². The molecule has 0 radical (unpaired) electrons. The molecule has 0 saturated carbocycles. The second-order valence-electron chi connectivity index (χ2n) is 6.59. The van der Waals surface area contributed by atoms with Crippen molar-refractivity contribution in [1.82, 2.24) is 9.88 Å². The number of ether oxygens (including phenoxy) is 1. The molecule has 1 aromatic rings. The van der Waals surface area contributed by atoms with Gasteiger partial charge in [-0.2, -0.15) is 0 Å². The number of hydrogen-bond donors (Lipinski definition) is 1. The summed E-state index contributed by atoms with van der Waals surface area (Å²) < 4.78 is 6.09. The van der Waals surface area contributed by atoms with E-state index in [1.165, 1.54) is 0 Å². The van der Waals surface area contributed by atoms with Crippen LogP contribution in [0, 0.1) is 0 Å². The zero-order valence-corrected chi connectivity index (χ0v) is 12.4. The van der Waals surface area contributed by atoms with Crippen molar-refractivity contribution in [1.29, 1.82) is 0 Å². The minimum Gasteiger partial charge on any atom is -0.367 e. The Labute approximate surface area is 116 Å². The molecule has 2 rings (SSSR count). The third kappa shape index (κ3) is 4.00. The first-order valence-electron chi connectivity index (χ1n) is 6.87. The molecule has 0 aromatic carbocycles. The lowest BCUT2D eigenvalue weighted by Crippen LogP contribution is -2.56. The Kier molecular flexibility index (Phi) is 3.95. The third-order valence-corrected chi connectivity index (χ3v) is 3.22. The fourth-order valence-corrected chi connectivity index (χ4v) is 3.02. The fraction of sp³-hybridized carbons (Fsp3) is 0.667. The lowest BCUT2D eigenvalue weighted by atomic mass is 9.99. The molecule has 1 fully saturated rings. The van der Waals surface area contributed by atoms with Crippen LogP contribution in [0.25, 0.3) is 0 Å². The van der Waals surface area contributed by atoms with Crippen LogP contribution in [0.5, 0.6) is 0 Å². The molecule has 2 heterocycles. The van der Waals surface area contributed by atoms with Crippen molar-refractivity contribution in [2.24, 2.45) is 5.73 Å². The highest BCUT2D eigenvalue weighted by molar-refractivity contribution is 5.11. The molecule has 1 aliphatic rings. The monoisotopic (exact) mass is 263 g/mol. The Morgan fingerprint density at radius 3 is 2.32 bits per heavy atom. The van der Waals surface area contributed by atoms with E-state index in [1.807, 2.05) is 12.1 Å². The van der Waals surface area contributed by atoms with E-state index >= 15 is 0 Å². The molecule has 0 unspecified atom stereocenters. The summed E-state index contributed by atoms with van der Waals surface area (Å²) in [6, 6.07) is 6.06. The fourth-order valence-electron chi connectivity index (χ4n) is 3.02. The summed E-state index contributed by atoms with van der Waals surface area (Å²) in [4.78, 5) is 6.98. The summed E-state index contributed by atoms with van der Waals surface area (Å²) in [5.74, 6) is 0. The Bertz CT molecular complexity index is 427. The van der Waals surface area contributed by atoms with E-state index in [0.717, 1.165) is 31.0 Å². The Morgan fingerprint density at radius 1 is 1.16 bits per heavy atom. The Hall–Kier alpha value is -0.970. The van der Waals surface area contributed by atoms with Crippen molar-refractivity contribution in [3.63, 3.8) is 0 Å². The average Bonchev–Trinajstić information content (AvgIpc) is 2.24. The van der Waals surface area contributed by atoms with Gasteiger partial charge in [-0.1, -0.05) is 6.07 Å². The Balaban J connectivity index is 2.09. The number of pyridine rings is 1. The van der Waals surface area contributed by atoms with Gasteiger partial charge in [0.15, 0.2) is 0 Å². The summed E-state index contributed by atoms with van der Waals surface area (Å²) in [7, 11) is 0. The Morgan fingerprint density at radius 2 is 1.74 bits per heavy atom. The topological polar surface area (TPSA) is 51.4 Å². The van der Waals surface area contributed by atoms with Gasteiger partial charge in [-0.25, -0.2) is 0 Å². The molecule has 4 nitrogen and oxygen atoms in total. The molecule has 106 valence electrons. The highest BCUT2D eigenvalue weighted by Crippen LogP contribution is 2.28. The predicted molar refractivity (Wildman–Crippen MR) is 76.6 cm³/mol. The van der Waals surface area contributed by atoms with Gasteiger partial charge in [0.1, 0.15) is 0 Å². The van der Waals surface area contributed by atoms with Crippen molar-refractivity contribution in [3.8, 4) is 0 Å². The smallest absolute Gasteiger partial charge is 0.0760 e. The van der Waals surface area contributed by atoms with Crippen LogP contribution >= 0.6 is 0 Å². The first-order chi connectivity index (χ1) is 8.80. The molecule has 2 N–H and O–H groups in total. The molecule has 0 bridgehead atoms. The van der Waals surface area contributed by atoms with Gasteiger partial charge in [-0.3, -0.25) is 9.88 Å². The van der Waals surface area contributed by atoms with Crippen LogP contribution in [0.3, 0.4) is 0 Å². The normalized spacial score (nSPS) is 22.4. The number of rotatable bonds is 3. The van der Waals surface area contributed by atoms with Crippen LogP contribution in [0.2, 0.25) is 0 Å². The SMILES string of the molecule is CC1(C)CN(Cc2cccc(CN)n2)CC(C)(C)O1. The van der Waals surface area contributed by atoms with Gasteiger partial charge in [-0.05, 0) is 39.8 Å². The molecule has 0 amide bonds. The first-order valence-corrected chi connectivity index (χ1v) is 6.87. The summed E-state index contributed by atoms with van der Waals surface area (Å²) in [5.41, 5.74) is 7.43. The van der Waals surface area contributed by atoms with Crippen molar-refractivity contribution < 1.29 is 4.74 Å². The van der Waals surface area contributed by atoms with Crippen molar-refractivity contribution in [2.75, 3.05) is 13.1 Å². The summed E-state index contributed by atoms with van der Waals surface area (Å²) in [6.45, 7) is 11.8. The van der Waals surface area contributed by atoms with E-state index in [0.29, 0.717) is 6.54 Å². The van der Waals surface area contributed by atoms with E-state index in [9.17, 15) is 0 Å². The van der Waals surface area contributed by atoms with Crippen LogP contribution in [0.1, 0.15) is 39.1 Å². The molecular weight excluding hydrogens is 238 g/mol. The average molecular weight is 263 g/mol. The molecule has 4 heteroatoms. The largest absolute Gasteiger partial charge is 0.367 e. The third-order valence-electron chi connectivity index (χ3n) is 3.22. The maximum Gasteiger partial charge on any atom is 0.0760 e. The number of hydrogen-bond acceptors (Lipinski definition) is 4. The van der Waals surface area contributed by atoms with Gasteiger partial charge in [0.05, 0.1) is 22.6 Å². The lowest BCUT2D eigenvalue weighted by Gasteiger charge is -2.47. The molecule has 1 aromatic heterocycles. The van der Waals surface area contributed by atoms with Gasteiger partial charge < -0.3 is 10.5 Å². The standard InChI is InChI=1S/C15H25N3O/c1-14(2)10-18(11-15(3,4)19-14)9-13-7-5-6-12(8-16)17-13/h5-7H,8-11,16H2,1-4H3. The van der Waals surface area contributed by atoms with Gasteiger partial charge in [0.2, 0.25) is 0 Å². The second kappa shape index (κ2) is 5.19. The summed E-state index contributed by atoms with van der Waals surface area (Å²) >= 11 is 0. The van der Waals surface area contributed by atoms with E-state index in [-0.39, 0.29) is 11.2 Å². The van der Waals surface area contributed by atoms with Gasteiger partial charge in [0, 0.05) is 26.2 Å². The molecule has 1 saturated heterocycles. The second-order valence-corrected chi connectivity index (χ2v) is 6.59. The van der Waals surface area contributed by atoms with Crippen LogP contribution in [0.4, 0.5) is 0 Å². The number of nitrogens with two attached hydrogens (primary N) is 1. The molecule has 0 atom stereocenters. The van der Waals surface area contributed by atoms with Crippen LogP contribution in [0.15, 0.2) is 18.2 Å². The van der Waals surface area contributed by atoms with Crippen LogP contribution in [-0.2, 0) is 17.8 Å². The lowest BCUT2D eigenvalue weighted by molar-refractivity contribution is -0.182. The molecule has 0 aliphatic carbocycles. The number of aromatic nitrogens is 1. The number of nitrogens with zero attached hydrogens (tertiary/aromatic N) is 2. The van der Waals surface area contributed by atoms with Crippen molar-refractivity contribution in [3.05, 3.63) is 29.6 Å². The predicted octanol–water partition coefficient (Wildman–Crippen LogP) is 1.93. The van der Waals surface area contributed by atoms with Crippen molar-refractivity contribution in [2.45, 2.75) is 52.0 Å². The quantitative estimate of drug-likeness (QED) is 0.905. The first kappa shape index (κ1) is 14.4. The van der Waals surface area contributed by atoms with Gasteiger partial charge in [-0.15, -0.1) is 0 Å². The highest BCUT2D eigenvalue weighted by Gasteiger charge is 2.37. The van der Waals surface area contributed by atoms with Crippen molar-refractivity contribution >= 4 is 0 Å². The number of morpholine rings is 1. The highest BCUT2D eigenvalue weighted by atomic mass is 16.5. The minimum atomic E-state index is -0.118. The summed E-state index contributed by atoms with van der Waals surface area (Å²) in [5, 5.41) is 0. The molecular formula is C15H25N3O. The van der Waals surface area contributed by atoms with E-state index in [1.54, 1.807) is 0 Å². The maximum atomic E-state index is 6.09. The zero-order valence-electron chi connectivity index (χ0n) is 12.4. The van der Waals surface area contributed by atoms with Gasteiger partial charge >= 0.3 is 0 Å². The van der Waals surface area contributed by atoms with E-state index in [2.05, 4.69) is 43.6 Å². The molecule has 19 heavy (non-hydrogen) atoms. The summed E-state index contributed by atoms with van der Waals surface area (Å²) in [6.07, 6.45) is 0.